The predicted octanol–water partition coefficient (Wildman–Crippen LogP) is 4.05. The summed E-state index contributed by atoms with van der Waals surface area (Å²) in [5.74, 6) is -0.323. The van der Waals surface area contributed by atoms with Crippen molar-refractivity contribution in [1.29, 1.82) is 0 Å². The van der Waals surface area contributed by atoms with Gasteiger partial charge < -0.3 is 20.7 Å². The first-order chi connectivity index (χ1) is 14.6. The predicted molar refractivity (Wildman–Crippen MR) is 121 cm³/mol. The van der Waals surface area contributed by atoms with Gasteiger partial charge in [-0.15, -0.1) is 0 Å². The minimum absolute atomic E-state index is 0.138. The van der Waals surface area contributed by atoms with Crippen molar-refractivity contribution in [2.75, 3.05) is 11.9 Å². The first-order valence-electron chi connectivity index (χ1n) is 9.97. The smallest absolute Gasteiger partial charge is 0.407 e. The van der Waals surface area contributed by atoms with Crippen LogP contribution in [-0.2, 0) is 27.3 Å². The number of ether oxygens (including phenoxy) is 1. The van der Waals surface area contributed by atoms with E-state index >= 15 is 0 Å². The summed E-state index contributed by atoms with van der Waals surface area (Å²) in [7, 11) is 0. The third-order valence-corrected chi connectivity index (χ3v) is 4.24. The molecule has 8 heteroatoms. The van der Waals surface area contributed by atoms with Crippen molar-refractivity contribution in [3.8, 4) is 0 Å². The minimum Gasteiger partial charge on any atom is -0.444 e. The molecule has 2 aromatic rings. The number of hydrogen-bond donors (Lipinski definition) is 3. The molecule has 2 rings (SSSR count). The molecular formula is C23H28ClN3O4. The zero-order valence-corrected chi connectivity index (χ0v) is 18.7. The van der Waals surface area contributed by atoms with Gasteiger partial charge in [-0.2, -0.15) is 0 Å². The van der Waals surface area contributed by atoms with Gasteiger partial charge >= 0.3 is 6.09 Å². The van der Waals surface area contributed by atoms with E-state index in [0.29, 0.717) is 17.3 Å². The lowest BCUT2D eigenvalue weighted by atomic mass is 10.1. The summed E-state index contributed by atoms with van der Waals surface area (Å²) >= 11 is 5.94. The van der Waals surface area contributed by atoms with Crippen LogP contribution >= 0.6 is 11.6 Å². The fraction of sp³-hybridized carbons (Fsp3) is 0.348. The fourth-order valence-electron chi connectivity index (χ4n) is 2.62. The number of amides is 3. The third-order valence-electron chi connectivity index (χ3n) is 4.00. The van der Waals surface area contributed by atoms with Gasteiger partial charge in [0.2, 0.25) is 11.8 Å². The second kappa shape index (κ2) is 11.4. The summed E-state index contributed by atoms with van der Waals surface area (Å²) in [6.07, 6.45) is -0.166. The maximum Gasteiger partial charge on any atom is 0.407 e. The van der Waals surface area contributed by atoms with E-state index in [1.165, 1.54) is 0 Å². The summed E-state index contributed by atoms with van der Waals surface area (Å²) in [5.41, 5.74) is 1.82. The molecule has 3 N–H and O–H groups in total. The molecular weight excluding hydrogens is 418 g/mol. The topological polar surface area (TPSA) is 96.5 Å². The van der Waals surface area contributed by atoms with Gasteiger partial charge in [0, 0.05) is 30.2 Å². The van der Waals surface area contributed by atoms with Crippen LogP contribution in [0.4, 0.5) is 10.5 Å². The number of carbonyl (C=O) groups is 3. The lowest BCUT2D eigenvalue weighted by Gasteiger charge is -2.19. The Hall–Kier alpha value is -3.06. The molecule has 0 aromatic heterocycles. The average Bonchev–Trinajstić information content (AvgIpc) is 2.66. The van der Waals surface area contributed by atoms with Crippen LogP contribution in [0.15, 0.2) is 48.5 Å². The Labute approximate surface area is 187 Å². The van der Waals surface area contributed by atoms with Crippen molar-refractivity contribution >= 4 is 35.2 Å². The van der Waals surface area contributed by atoms with Crippen molar-refractivity contribution in [3.63, 3.8) is 0 Å². The molecule has 0 spiro atoms. The van der Waals surface area contributed by atoms with Gasteiger partial charge in [0.15, 0.2) is 0 Å². The summed E-state index contributed by atoms with van der Waals surface area (Å²) in [5, 5.41) is 8.76. The molecule has 3 amide bonds. The standard InChI is InChI=1S/C23H28ClN3O4/c1-23(2,3)31-22(30)25-12-11-20(28)26-15-16-7-9-19(10-8-16)27-21(29)14-17-5-4-6-18(24)13-17/h4-10,13H,11-12,14-15H2,1-3H3,(H,25,30)(H,26,28)(H,27,29). The number of benzene rings is 2. The molecule has 0 bridgehead atoms. The average molecular weight is 446 g/mol. The quantitative estimate of drug-likeness (QED) is 0.571. The van der Waals surface area contributed by atoms with Gasteiger partial charge in [-0.1, -0.05) is 35.9 Å². The Morgan fingerprint density at radius 3 is 2.29 bits per heavy atom. The third kappa shape index (κ3) is 10.00. The Kier molecular flexibility index (Phi) is 8.88. The van der Waals surface area contributed by atoms with Crippen LogP contribution in [0.1, 0.15) is 38.3 Å². The highest BCUT2D eigenvalue weighted by Crippen LogP contribution is 2.13. The van der Waals surface area contributed by atoms with E-state index in [2.05, 4.69) is 16.0 Å². The maximum atomic E-state index is 12.2. The molecule has 0 aliphatic rings. The molecule has 0 saturated heterocycles. The first kappa shape index (κ1) is 24.2. The summed E-state index contributed by atoms with van der Waals surface area (Å²) < 4.78 is 5.11. The Balaban J connectivity index is 1.70. The molecule has 0 heterocycles. The lowest BCUT2D eigenvalue weighted by molar-refractivity contribution is -0.121. The van der Waals surface area contributed by atoms with Gasteiger partial charge in [-0.05, 0) is 56.2 Å². The number of nitrogens with one attached hydrogen (secondary N) is 3. The molecule has 0 saturated carbocycles. The van der Waals surface area contributed by atoms with Crippen LogP contribution in [0.3, 0.4) is 0 Å². The molecule has 0 aliphatic heterocycles. The summed E-state index contributed by atoms with van der Waals surface area (Å²) in [6.45, 7) is 5.86. The van der Waals surface area contributed by atoms with Gasteiger partial charge in [-0.25, -0.2) is 4.79 Å². The molecule has 2 aromatic carbocycles. The van der Waals surface area contributed by atoms with Crippen molar-refractivity contribution in [1.82, 2.24) is 10.6 Å². The Bertz CT molecular complexity index is 908. The van der Waals surface area contributed by atoms with Crippen molar-refractivity contribution in [3.05, 3.63) is 64.7 Å². The normalized spacial score (nSPS) is 10.8. The largest absolute Gasteiger partial charge is 0.444 e. The van der Waals surface area contributed by atoms with E-state index in [9.17, 15) is 14.4 Å². The van der Waals surface area contributed by atoms with E-state index in [0.717, 1.165) is 11.1 Å². The van der Waals surface area contributed by atoms with E-state index < -0.39 is 11.7 Å². The Morgan fingerprint density at radius 2 is 1.65 bits per heavy atom. The van der Waals surface area contributed by atoms with Gasteiger partial charge in [0.1, 0.15) is 5.60 Å². The monoisotopic (exact) mass is 445 g/mol. The van der Waals surface area contributed by atoms with Crippen LogP contribution in [0, 0.1) is 0 Å². The van der Waals surface area contributed by atoms with Crippen molar-refractivity contribution < 1.29 is 19.1 Å². The van der Waals surface area contributed by atoms with Crippen molar-refractivity contribution in [2.45, 2.75) is 45.8 Å². The molecule has 0 radical (unpaired) electrons. The Morgan fingerprint density at radius 1 is 0.935 bits per heavy atom. The zero-order chi connectivity index (χ0) is 22.9. The zero-order valence-electron chi connectivity index (χ0n) is 18.0. The minimum atomic E-state index is -0.576. The highest BCUT2D eigenvalue weighted by Gasteiger charge is 2.15. The second-order valence-electron chi connectivity index (χ2n) is 8.01. The lowest BCUT2D eigenvalue weighted by Crippen LogP contribution is -2.35. The highest BCUT2D eigenvalue weighted by molar-refractivity contribution is 6.30. The fourth-order valence-corrected chi connectivity index (χ4v) is 2.84. The SMILES string of the molecule is CC(C)(C)OC(=O)NCCC(=O)NCc1ccc(NC(=O)Cc2cccc(Cl)c2)cc1. The van der Waals surface area contributed by atoms with E-state index in [4.69, 9.17) is 16.3 Å². The van der Waals surface area contributed by atoms with Gasteiger partial charge in [0.25, 0.3) is 0 Å². The number of alkyl carbamates (subject to hydrolysis) is 1. The summed E-state index contributed by atoms with van der Waals surface area (Å²) in [4.78, 5) is 35.6. The van der Waals surface area contributed by atoms with E-state index in [1.807, 2.05) is 24.3 Å². The van der Waals surface area contributed by atoms with Crippen molar-refractivity contribution in [2.24, 2.45) is 0 Å². The van der Waals surface area contributed by atoms with E-state index in [-0.39, 0.29) is 31.2 Å². The summed E-state index contributed by atoms with van der Waals surface area (Å²) in [6, 6.07) is 14.4. The molecule has 166 valence electrons. The molecule has 0 atom stereocenters. The van der Waals surface area contributed by atoms with Crippen LogP contribution < -0.4 is 16.0 Å². The van der Waals surface area contributed by atoms with Crippen LogP contribution in [0.2, 0.25) is 5.02 Å². The molecule has 0 unspecified atom stereocenters. The highest BCUT2D eigenvalue weighted by atomic mass is 35.5. The maximum absolute atomic E-state index is 12.2. The first-order valence-corrected chi connectivity index (χ1v) is 10.4. The van der Waals surface area contributed by atoms with Gasteiger partial charge in [0.05, 0.1) is 6.42 Å². The number of halogens is 1. The van der Waals surface area contributed by atoms with E-state index in [1.54, 1.807) is 45.0 Å². The second-order valence-corrected chi connectivity index (χ2v) is 8.44. The number of rotatable bonds is 8. The number of anilines is 1. The number of hydrogen-bond acceptors (Lipinski definition) is 4. The number of carbonyl (C=O) groups excluding carboxylic acids is 3. The van der Waals surface area contributed by atoms with Crippen LogP contribution in [0.5, 0.6) is 0 Å². The molecule has 0 aliphatic carbocycles. The van der Waals surface area contributed by atoms with Gasteiger partial charge in [-0.3, -0.25) is 9.59 Å². The van der Waals surface area contributed by atoms with Crippen LogP contribution in [0.25, 0.3) is 0 Å². The molecule has 7 nitrogen and oxygen atoms in total. The van der Waals surface area contributed by atoms with Crippen LogP contribution in [-0.4, -0.2) is 30.1 Å². The molecule has 31 heavy (non-hydrogen) atoms. The molecule has 0 fully saturated rings.